The van der Waals surface area contributed by atoms with Gasteiger partial charge in [0.2, 0.25) is 0 Å². The van der Waals surface area contributed by atoms with Gasteiger partial charge in [-0.15, -0.1) is 0 Å². The fourth-order valence-corrected chi connectivity index (χ4v) is 2.34. The lowest BCUT2D eigenvalue weighted by molar-refractivity contribution is -0.383. The van der Waals surface area contributed by atoms with Crippen LogP contribution in [0.3, 0.4) is 0 Å². The first-order valence-electron chi connectivity index (χ1n) is 7.03. The summed E-state index contributed by atoms with van der Waals surface area (Å²) in [6.45, 7) is 0. The van der Waals surface area contributed by atoms with Crippen LogP contribution in [0.4, 0.5) is 17.1 Å². The van der Waals surface area contributed by atoms with Gasteiger partial charge in [-0.1, -0.05) is 42.5 Å². The Kier molecular flexibility index (Phi) is 3.93. The predicted molar refractivity (Wildman–Crippen MR) is 89.9 cm³/mol. The van der Waals surface area contributed by atoms with Crippen LogP contribution in [-0.2, 0) is 0 Å². The lowest BCUT2D eigenvalue weighted by Crippen LogP contribution is -1.97. The van der Waals surface area contributed by atoms with Gasteiger partial charge in [0.25, 0.3) is 5.69 Å². The smallest absolute Gasteiger partial charge is 0.293 e. The summed E-state index contributed by atoms with van der Waals surface area (Å²) in [4.78, 5) is 11.0. The zero-order valence-electron chi connectivity index (χ0n) is 12.1. The van der Waals surface area contributed by atoms with Gasteiger partial charge in [0, 0.05) is 17.8 Å². The van der Waals surface area contributed by atoms with Gasteiger partial charge in [0.05, 0.1) is 4.92 Å². The van der Waals surface area contributed by atoms with E-state index in [1.807, 2.05) is 36.4 Å². The lowest BCUT2D eigenvalue weighted by Gasteiger charge is -2.09. The van der Waals surface area contributed by atoms with Crippen molar-refractivity contribution in [3.63, 3.8) is 0 Å². The van der Waals surface area contributed by atoms with Crippen LogP contribution in [0.15, 0.2) is 72.8 Å². The number of phenolic OH excluding ortho intramolecular Hbond substituents is 1. The van der Waals surface area contributed by atoms with E-state index in [4.69, 9.17) is 0 Å². The molecule has 0 atom stereocenters. The molecule has 2 N–H and O–H groups in total. The highest BCUT2D eigenvalue weighted by Crippen LogP contribution is 2.33. The summed E-state index contributed by atoms with van der Waals surface area (Å²) in [6, 6.07) is 21.0. The van der Waals surface area contributed by atoms with E-state index >= 15 is 0 Å². The Balaban J connectivity index is 1.99. The first-order chi connectivity index (χ1) is 11.1. The van der Waals surface area contributed by atoms with Gasteiger partial charge in [-0.3, -0.25) is 10.1 Å². The molecule has 0 amide bonds. The molecule has 3 rings (SSSR count). The Morgan fingerprint density at radius 2 is 1.65 bits per heavy atom. The molecule has 0 radical (unpaired) electrons. The lowest BCUT2D eigenvalue weighted by atomic mass is 10.0. The van der Waals surface area contributed by atoms with Crippen LogP contribution in [0.5, 0.6) is 5.75 Å². The zero-order valence-corrected chi connectivity index (χ0v) is 12.1. The number of nitro benzene ring substituents is 1. The van der Waals surface area contributed by atoms with Crippen molar-refractivity contribution in [3.8, 4) is 16.9 Å². The molecule has 23 heavy (non-hydrogen) atoms. The van der Waals surface area contributed by atoms with Crippen molar-refractivity contribution >= 4 is 17.1 Å². The van der Waals surface area contributed by atoms with Crippen LogP contribution in [0, 0.1) is 10.1 Å². The first-order valence-corrected chi connectivity index (χ1v) is 7.03. The molecular formula is C18H14N2O3. The number of anilines is 2. The molecule has 0 fully saturated rings. The third-order valence-electron chi connectivity index (χ3n) is 3.43. The summed E-state index contributed by atoms with van der Waals surface area (Å²) in [5, 5.41) is 23.8. The number of hydrogen-bond donors (Lipinski definition) is 2. The second-order valence-corrected chi connectivity index (χ2v) is 5.03. The third kappa shape index (κ3) is 3.29. The van der Waals surface area contributed by atoms with Crippen molar-refractivity contribution in [1.82, 2.24) is 0 Å². The van der Waals surface area contributed by atoms with E-state index in [1.54, 1.807) is 24.3 Å². The number of phenols is 1. The van der Waals surface area contributed by atoms with E-state index in [1.165, 1.54) is 12.1 Å². The summed E-state index contributed by atoms with van der Waals surface area (Å²) in [5.74, 6) is 0.0959. The summed E-state index contributed by atoms with van der Waals surface area (Å²) in [7, 11) is 0. The van der Waals surface area contributed by atoms with E-state index < -0.39 is 4.92 Å². The highest BCUT2D eigenvalue weighted by Gasteiger charge is 2.15. The second-order valence-electron chi connectivity index (χ2n) is 5.03. The molecular weight excluding hydrogens is 292 g/mol. The van der Waals surface area contributed by atoms with Crippen molar-refractivity contribution < 1.29 is 10.0 Å². The largest absolute Gasteiger partial charge is 0.508 e. The van der Waals surface area contributed by atoms with E-state index in [9.17, 15) is 15.2 Å². The highest BCUT2D eigenvalue weighted by atomic mass is 16.6. The predicted octanol–water partition coefficient (Wildman–Crippen LogP) is 4.71. The van der Waals surface area contributed by atoms with Crippen molar-refractivity contribution in [2.24, 2.45) is 0 Å². The quantitative estimate of drug-likeness (QED) is 0.540. The van der Waals surface area contributed by atoms with Gasteiger partial charge in [-0.25, -0.2) is 0 Å². The van der Waals surface area contributed by atoms with Crippen molar-refractivity contribution in [2.45, 2.75) is 0 Å². The summed E-state index contributed by atoms with van der Waals surface area (Å²) in [6.07, 6.45) is 0. The molecule has 0 heterocycles. The summed E-state index contributed by atoms with van der Waals surface area (Å²) >= 11 is 0. The number of hydrogen-bond acceptors (Lipinski definition) is 4. The Labute approximate surface area is 133 Å². The Hall–Kier alpha value is -3.34. The Morgan fingerprint density at radius 1 is 0.870 bits per heavy atom. The average Bonchev–Trinajstić information content (AvgIpc) is 2.56. The van der Waals surface area contributed by atoms with E-state index in [0.29, 0.717) is 11.4 Å². The van der Waals surface area contributed by atoms with Crippen LogP contribution < -0.4 is 5.32 Å². The van der Waals surface area contributed by atoms with Gasteiger partial charge < -0.3 is 10.4 Å². The van der Waals surface area contributed by atoms with E-state index in [0.717, 1.165) is 11.1 Å². The van der Waals surface area contributed by atoms with E-state index in [2.05, 4.69) is 5.32 Å². The fourth-order valence-electron chi connectivity index (χ4n) is 2.34. The Bertz CT molecular complexity index is 848. The molecule has 0 spiro atoms. The molecule has 0 aliphatic heterocycles. The number of nitrogens with zero attached hydrogens (tertiary/aromatic N) is 1. The fraction of sp³-hybridized carbons (Fsp3) is 0. The van der Waals surface area contributed by atoms with Gasteiger partial charge >= 0.3 is 0 Å². The maximum Gasteiger partial charge on any atom is 0.293 e. The number of aromatic hydroxyl groups is 1. The monoisotopic (exact) mass is 306 g/mol. The molecule has 0 saturated heterocycles. The zero-order chi connectivity index (χ0) is 16.2. The van der Waals surface area contributed by atoms with Crippen molar-refractivity contribution in [2.75, 3.05) is 5.32 Å². The minimum Gasteiger partial charge on any atom is -0.508 e. The summed E-state index contributed by atoms with van der Waals surface area (Å²) < 4.78 is 0. The molecule has 0 aromatic heterocycles. The number of nitrogens with one attached hydrogen (secondary N) is 1. The topological polar surface area (TPSA) is 75.4 Å². The van der Waals surface area contributed by atoms with Gasteiger partial charge in [0.1, 0.15) is 11.4 Å². The maximum atomic E-state index is 11.4. The number of rotatable bonds is 4. The van der Waals surface area contributed by atoms with Crippen molar-refractivity contribution in [1.29, 1.82) is 0 Å². The van der Waals surface area contributed by atoms with Gasteiger partial charge in [-0.2, -0.15) is 0 Å². The van der Waals surface area contributed by atoms with Gasteiger partial charge in [-0.05, 0) is 29.3 Å². The standard InChI is InChI=1S/C18H14N2O3/c21-16-8-4-7-15(12-16)19-17-10-9-14(11-18(17)20(22)23)13-5-2-1-3-6-13/h1-12,19,21H. The Morgan fingerprint density at radius 3 is 2.35 bits per heavy atom. The SMILES string of the molecule is O=[N+]([O-])c1cc(-c2ccccc2)ccc1Nc1cccc(O)c1. The minimum absolute atomic E-state index is 0.0188. The third-order valence-corrected chi connectivity index (χ3v) is 3.43. The molecule has 114 valence electrons. The molecule has 0 aliphatic carbocycles. The number of benzene rings is 3. The molecule has 5 heteroatoms. The molecule has 0 saturated carbocycles. The van der Waals surface area contributed by atoms with E-state index in [-0.39, 0.29) is 11.4 Å². The molecule has 5 nitrogen and oxygen atoms in total. The van der Waals surface area contributed by atoms with Crippen LogP contribution in [-0.4, -0.2) is 10.0 Å². The van der Waals surface area contributed by atoms with Crippen LogP contribution >= 0.6 is 0 Å². The van der Waals surface area contributed by atoms with Crippen molar-refractivity contribution in [3.05, 3.63) is 82.9 Å². The molecule has 3 aromatic carbocycles. The normalized spacial score (nSPS) is 10.3. The van der Waals surface area contributed by atoms with Gasteiger partial charge in [0.15, 0.2) is 0 Å². The van der Waals surface area contributed by atoms with Crippen LogP contribution in [0.25, 0.3) is 11.1 Å². The second kappa shape index (κ2) is 6.19. The first kappa shape index (κ1) is 14.6. The summed E-state index contributed by atoms with van der Waals surface area (Å²) in [5.41, 5.74) is 2.63. The highest BCUT2D eigenvalue weighted by molar-refractivity contribution is 5.76. The molecule has 0 bridgehead atoms. The molecule has 0 unspecified atom stereocenters. The minimum atomic E-state index is -0.419. The molecule has 0 aliphatic rings. The maximum absolute atomic E-state index is 11.4. The van der Waals surface area contributed by atoms with Crippen LogP contribution in [0.1, 0.15) is 0 Å². The number of nitro groups is 1. The van der Waals surface area contributed by atoms with Crippen LogP contribution in [0.2, 0.25) is 0 Å². The molecule has 3 aromatic rings. The average molecular weight is 306 g/mol.